The number of pyridine rings is 1. The number of nitrogens with one attached hydrogen (secondary N) is 1. The van der Waals surface area contributed by atoms with Crippen LogP contribution in [0, 0.1) is 5.92 Å². The summed E-state index contributed by atoms with van der Waals surface area (Å²) < 4.78 is 29.6. The van der Waals surface area contributed by atoms with Crippen molar-refractivity contribution in [1.82, 2.24) is 9.29 Å². The molecule has 1 aliphatic rings. The fraction of sp³-hybridized carbons (Fsp3) is 0.231. The van der Waals surface area contributed by atoms with Gasteiger partial charge < -0.3 is 10.4 Å². The molecule has 0 bridgehead atoms. The Kier molecular flexibility index (Phi) is 10.2. The number of rotatable bonds is 11. The quantitative estimate of drug-likeness (QED) is 0.153. The van der Waals surface area contributed by atoms with Crippen LogP contribution in [0.4, 0.5) is 5.69 Å². The van der Waals surface area contributed by atoms with E-state index in [1.165, 1.54) is 10.7 Å². The fourth-order valence-electron chi connectivity index (χ4n) is 6.18. The third kappa shape index (κ3) is 7.85. The summed E-state index contributed by atoms with van der Waals surface area (Å²) in [6, 6.07) is 33.8. The molecule has 0 aliphatic heterocycles. The van der Waals surface area contributed by atoms with Crippen molar-refractivity contribution in [2.45, 2.75) is 56.7 Å². The normalized spacial score (nSPS) is 13.8. The van der Waals surface area contributed by atoms with Gasteiger partial charge in [0.05, 0.1) is 11.5 Å². The van der Waals surface area contributed by atoms with E-state index in [2.05, 4.69) is 10.3 Å². The van der Waals surface area contributed by atoms with Crippen molar-refractivity contribution in [3.8, 4) is 22.3 Å². The van der Waals surface area contributed by atoms with Gasteiger partial charge in [-0.2, -0.15) is 4.31 Å². The lowest BCUT2D eigenvalue weighted by molar-refractivity contribution is -0.120. The molecule has 0 spiro atoms. The number of amides is 1. The Morgan fingerprint density at radius 1 is 0.745 bits per heavy atom. The van der Waals surface area contributed by atoms with E-state index in [4.69, 9.17) is 0 Å². The lowest BCUT2D eigenvalue weighted by Crippen LogP contribution is -2.30. The minimum atomic E-state index is -3.88. The van der Waals surface area contributed by atoms with Gasteiger partial charge in [-0.25, -0.2) is 8.42 Å². The third-order valence-corrected chi connectivity index (χ3v) is 10.7. The first kappa shape index (κ1) is 32.3. The number of hydrogen-bond acceptors (Lipinski definition) is 5. The van der Waals surface area contributed by atoms with Gasteiger partial charge in [-0.05, 0) is 82.1 Å². The van der Waals surface area contributed by atoms with E-state index in [0.717, 1.165) is 70.3 Å². The summed E-state index contributed by atoms with van der Waals surface area (Å²) in [4.78, 5) is 17.0. The highest BCUT2D eigenvalue weighted by atomic mass is 32.2. The average Bonchev–Trinajstić information content (AvgIpc) is 3.13. The van der Waals surface area contributed by atoms with Gasteiger partial charge in [0.2, 0.25) is 15.9 Å². The second kappa shape index (κ2) is 14.9. The van der Waals surface area contributed by atoms with Gasteiger partial charge in [-0.1, -0.05) is 98.1 Å². The third-order valence-electron chi connectivity index (χ3n) is 8.85. The largest absolute Gasteiger partial charge is 0.392 e. The van der Waals surface area contributed by atoms with Crippen molar-refractivity contribution in [3.05, 3.63) is 138 Å². The zero-order valence-electron chi connectivity index (χ0n) is 26.3. The van der Waals surface area contributed by atoms with Crippen LogP contribution in [0.15, 0.2) is 126 Å². The smallest absolute Gasteiger partial charge is 0.243 e. The van der Waals surface area contributed by atoms with Crippen LogP contribution >= 0.6 is 0 Å². The summed E-state index contributed by atoms with van der Waals surface area (Å²) in [6.45, 7) is 0.248. The van der Waals surface area contributed by atoms with E-state index >= 15 is 0 Å². The minimum absolute atomic E-state index is 0.0994. The Morgan fingerprint density at radius 3 is 2.04 bits per heavy atom. The minimum Gasteiger partial charge on any atom is -0.392 e. The molecule has 8 heteroatoms. The van der Waals surface area contributed by atoms with Crippen molar-refractivity contribution in [1.29, 1.82) is 0 Å². The maximum absolute atomic E-state index is 14.0. The number of carbonyl (C=O) groups excluding carboxylic acids is 1. The monoisotopic (exact) mass is 645 g/mol. The van der Waals surface area contributed by atoms with Crippen LogP contribution in [-0.2, 0) is 34.5 Å². The molecular formula is C39H39N3O4S. The predicted molar refractivity (Wildman–Crippen MR) is 186 cm³/mol. The summed E-state index contributed by atoms with van der Waals surface area (Å²) in [5, 5.41) is 12.8. The number of carbonyl (C=O) groups is 1. The zero-order valence-corrected chi connectivity index (χ0v) is 27.1. The lowest BCUT2D eigenvalue weighted by atomic mass is 9.88. The molecule has 5 aromatic rings. The van der Waals surface area contributed by atoms with Crippen molar-refractivity contribution in [2.24, 2.45) is 5.92 Å². The van der Waals surface area contributed by atoms with Gasteiger partial charge >= 0.3 is 0 Å². The molecule has 2 N–H and O–H groups in total. The number of sulfonamides is 1. The van der Waals surface area contributed by atoms with E-state index in [1.807, 2.05) is 78.9 Å². The number of aliphatic hydroxyl groups is 1. The first-order valence-corrected chi connectivity index (χ1v) is 17.5. The number of aliphatic hydroxyl groups excluding tert-OH is 1. The van der Waals surface area contributed by atoms with Crippen LogP contribution in [0.2, 0.25) is 0 Å². The van der Waals surface area contributed by atoms with Crippen molar-refractivity contribution in [3.63, 3.8) is 0 Å². The van der Waals surface area contributed by atoms with Gasteiger partial charge in [0.25, 0.3) is 0 Å². The van der Waals surface area contributed by atoms with E-state index in [1.54, 1.807) is 42.7 Å². The van der Waals surface area contributed by atoms with Crippen LogP contribution in [0.3, 0.4) is 0 Å². The van der Waals surface area contributed by atoms with E-state index in [-0.39, 0.29) is 36.4 Å². The van der Waals surface area contributed by atoms with Gasteiger partial charge in [0.1, 0.15) is 0 Å². The fourth-order valence-corrected chi connectivity index (χ4v) is 7.59. The molecule has 6 rings (SSSR count). The Balaban J connectivity index is 1.19. The standard InChI is InChI=1S/C39H39N3O4S/c43-28-35-10-4-5-11-38(35)33-18-22-37(23-19-33)47(45,46)42(27-30-7-6-24-40-25-30)26-29-12-14-31(15-13-29)32-16-20-36(21-17-32)41-39(44)34-8-2-1-3-9-34/h4-7,10-25,34,43H,1-3,8-9,26-28H2,(H,41,44). The number of benzene rings is 4. The van der Waals surface area contributed by atoms with Crippen molar-refractivity contribution >= 4 is 21.6 Å². The summed E-state index contributed by atoms with van der Waals surface area (Å²) in [5.74, 6) is 0.210. The summed E-state index contributed by atoms with van der Waals surface area (Å²) in [5.41, 5.74) is 6.93. The molecule has 0 unspecified atom stereocenters. The number of nitrogens with zero attached hydrogens (tertiary/aromatic N) is 2. The molecule has 0 radical (unpaired) electrons. The maximum atomic E-state index is 14.0. The predicted octanol–water partition coefficient (Wildman–Crippen LogP) is 7.82. The second-order valence-electron chi connectivity index (χ2n) is 12.1. The summed E-state index contributed by atoms with van der Waals surface area (Å²) in [6.07, 6.45) is 8.73. The molecule has 7 nitrogen and oxygen atoms in total. The van der Waals surface area contributed by atoms with Crippen LogP contribution in [0.1, 0.15) is 48.8 Å². The Morgan fingerprint density at radius 2 is 1.38 bits per heavy atom. The van der Waals surface area contributed by atoms with E-state index in [0.29, 0.717) is 0 Å². The molecule has 1 saturated carbocycles. The Hall–Kier alpha value is -4.63. The molecule has 0 atom stereocenters. The molecule has 1 fully saturated rings. The van der Waals surface area contributed by atoms with Gasteiger partial charge in [-0.15, -0.1) is 0 Å². The molecule has 1 heterocycles. The average molecular weight is 646 g/mol. The number of anilines is 1. The van der Waals surface area contributed by atoms with Crippen LogP contribution < -0.4 is 5.32 Å². The first-order valence-electron chi connectivity index (χ1n) is 16.1. The zero-order chi connectivity index (χ0) is 32.6. The molecule has 1 amide bonds. The van der Waals surface area contributed by atoms with Crippen molar-refractivity contribution in [2.75, 3.05) is 5.32 Å². The van der Waals surface area contributed by atoms with Gasteiger partial charge in [-0.3, -0.25) is 9.78 Å². The molecule has 0 saturated heterocycles. The highest BCUT2D eigenvalue weighted by Gasteiger charge is 2.26. The molecule has 47 heavy (non-hydrogen) atoms. The van der Waals surface area contributed by atoms with Crippen LogP contribution in [-0.4, -0.2) is 28.7 Å². The lowest BCUT2D eigenvalue weighted by Gasteiger charge is -2.23. The molecule has 1 aromatic heterocycles. The van der Waals surface area contributed by atoms with Crippen LogP contribution in [0.5, 0.6) is 0 Å². The van der Waals surface area contributed by atoms with E-state index in [9.17, 15) is 18.3 Å². The summed E-state index contributed by atoms with van der Waals surface area (Å²) in [7, 11) is -3.88. The SMILES string of the molecule is O=C(Nc1ccc(-c2ccc(CN(Cc3cccnc3)S(=O)(=O)c3ccc(-c4ccccc4CO)cc3)cc2)cc1)C1CCCCC1. The molecule has 4 aromatic carbocycles. The Bertz CT molecular complexity index is 1890. The highest BCUT2D eigenvalue weighted by Crippen LogP contribution is 2.29. The van der Waals surface area contributed by atoms with Gasteiger partial charge in [0.15, 0.2) is 0 Å². The number of hydrogen-bond donors (Lipinski definition) is 2. The summed E-state index contributed by atoms with van der Waals surface area (Å²) >= 11 is 0. The molecule has 1 aliphatic carbocycles. The van der Waals surface area contributed by atoms with E-state index < -0.39 is 10.0 Å². The maximum Gasteiger partial charge on any atom is 0.243 e. The first-order chi connectivity index (χ1) is 22.9. The van der Waals surface area contributed by atoms with Gasteiger partial charge in [0, 0.05) is 37.1 Å². The topological polar surface area (TPSA) is 99.6 Å². The molecule has 240 valence electrons. The number of aromatic nitrogens is 1. The van der Waals surface area contributed by atoms with Crippen molar-refractivity contribution < 1.29 is 18.3 Å². The Labute approximate surface area is 277 Å². The second-order valence-corrected chi connectivity index (χ2v) is 14.0. The highest BCUT2D eigenvalue weighted by molar-refractivity contribution is 7.89. The molecular weight excluding hydrogens is 607 g/mol. The van der Waals surface area contributed by atoms with Crippen LogP contribution in [0.25, 0.3) is 22.3 Å².